The normalized spacial score (nSPS) is 14.8. The largest absolute Gasteiger partial charge is 0.468 e. The maximum Gasteiger partial charge on any atom is 0.243 e. The van der Waals surface area contributed by atoms with Crippen LogP contribution in [0.15, 0.2) is 52.0 Å². The Morgan fingerprint density at radius 1 is 1.25 bits per heavy atom. The van der Waals surface area contributed by atoms with E-state index in [1.54, 1.807) is 36.4 Å². The first-order valence-electron chi connectivity index (χ1n) is 7.84. The standard InChI is InChI=1S/C17H20N2O4S/c1-13-4-8-16(9-5-13)24(21,22)19(11-15-3-2-10-23-15)12-17(20)18-14-6-7-14/h2-5,8-10,14H,6-7,11-12H2,1H3,(H,18,20). The van der Waals surface area contributed by atoms with Gasteiger partial charge in [0, 0.05) is 6.04 Å². The highest BCUT2D eigenvalue weighted by molar-refractivity contribution is 7.89. The Hall–Kier alpha value is -2.12. The first-order valence-corrected chi connectivity index (χ1v) is 9.28. The molecule has 7 heteroatoms. The van der Waals surface area contributed by atoms with Crippen LogP contribution in [0.5, 0.6) is 0 Å². The molecule has 0 unspecified atom stereocenters. The van der Waals surface area contributed by atoms with E-state index in [1.165, 1.54) is 6.26 Å². The van der Waals surface area contributed by atoms with Crippen molar-refractivity contribution in [3.8, 4) is 0 Å². The molecule has 1 saturated carbocycles. The van der Waals surface area contributed by atoms with Gasteiger partial charge in [-0.05, 0) is 44.0 Å². The zero-order valence-corrected chi connectivity index (χ0v) is 14.3. The second kappa shape index (κ2) is 6.78. The monoisotopic (exact) mass is 348 g/mol. The summed E-state index contributed by atoms with van der Waals surface area (Å²) in [5, 5.41) is 2.82. The van der Waals surface area contributed by atoms with Gasteiger partial charge in [0.05, 0.1) is 24.2 Å². The van der Waals surface area contributed by atoms with Crippen LogP contribution < -0.4 is 5.32 Å². The summed E-state index contributed by atoms with van der Waals surface area (Å²) >= 11 is 0. The number of carbonyl (C=O) groups excluding carboxylic acids is 1. The van der Waals surface area contributed by atoms with Crippen molar-refractivity contribution in [3.05, 3.63) is 54.0 Å². The van der Waals surface area contributed by atoms with Crippen LogP contribution in [0.4, 0.5) is 0 Å². The Morgan fingerprint density at radius 3 is 2.54 bits per heavy atom. The van der Waals surface area contributed by atoms with E-state index >= 15 is 0 Å². The Morgan fingerprint density at radius 2 is 1.96 bits per heavy atom. The van der Waals surface area contributed by atoms with Crippen molar-refractivity contribution in [2.45, 2.75) is 37.2 Å². The van der Waals surface area contributed by atoms with Crippen molar-refractivity contribution in [3.63, 3.8) is 0 Å². The Kier molecular flexibility index (Phi) is 4.73. The molecule has 0 spiro atoms. The number of sulfonamides is 1. The van der Waals surface area contributed by atoms with E-state index in [0.717, 1.165) is 22.7 Å². The molecule has 1 aliphatic carbocycles. The molecule has 1 aliphatic rings. The highest BCUT2D eigenvalue weighted by atomic mass is 32.2. The van der Waals surface area contributed by atoms with Crippen LogP contribution in [0.25, 0.3) is 0 Å². The molecule has 128 valence electrons. The summed E-state index contributed by atoms with van der Waals surface area (Å²) in [6.45, 7) is 1.68. The van der Waals surface area contributed by atoms with Gasteiger partial charge in [0.25, 0.3) is 0 Å². The molecule has 0 atom stereocenters. The molecule has 1 N–H and O–H groups in total. The average Bonchev–Trinajstić information content (AvgIpc) is 3.19. The number of benzene rings is 1. The van der Waals surface area contributed by atoms with Gasteiger partial charge in [0.15, 0.2) is 0 Å². The van der Waals surface area contributed by atoms with Crippen LogP contribution in [0.1, 0.15) is 24.2 Å². The van der Waals surface area contributed by atoms with E-state index in [-0.39, 0.29) is 29.9 Å². The van der Waals surface area contributed by atoms with Gasteiger partial charge < -0.3 is 9.73 Å². The molecule has 0 saturated heterocycles. The number of aryl methyl sites for hydroxylation is 1. The summed E-state index contributed by atoms with van der Waals surface area (Å²) in [5.74, 6) is 0.199. The predicted molar refractivity (Wildman–Crippen MR) is 88.6 cm³/mol. The number of furan rings is 1. The first-order chi connectivity index (χ1) is 11.4. The molecule has 0 radical (unpaired) electrons. The molecule has 0 aliphatic heterocycles. The van der Waals surface area contributed by atoms with E-state index < -0.39 is 10.0 Å². The highest BCUT2D eigenvalue weighted by Crippen LogP contribution is 2.21. The molecule has 6 nitrogen and oxygen atoms in total. The van der Waals surface area contributed by atoms with E-state index in [0.29, 0.717) is 5.76 Å². The number of hydrogen-bond donors (Lipinski definition) is 1. The summed E-state index contributed by atoms with van der Waals surface area (Å²) in [6.07, 6.45) is 3.39. The Balaban J connectivity index is 1.83. The number of nitrogens with one attached hydrogen (secondary N) is 1. The molecule has 1 aromatic heterocycles. The third kappa shape index (κ3) is 4.04. The van der Waals surface area contributed by atoms with Crippen LogP contribution in [-0.4, -0.2) is 31.2 Å². The number of rotatable bonds is 7. The summed E-state index contributed by atoms with van der Waals surface area (Å²) in [5.41, 5.74) is 0.970. The van der Waals surface area contributed by atoms with Gasteiger partial charge in [-0.25, -0.2) is 8.42 Å². The molecule has 24 heavy (non-hydrogen) atoms. The molecule has 1 fully saturated rings. The molecule has 1 aromatic carbocycles. The number of carbonyl (C=O) groups is 1. The lowest BCUT2D eigenvalue weighted by molar-refractivity contribution is -0.121. The minimum atomic E-state index is -3.79. The van der Waals surface area contributed by atoms with Crippen molar-refractivity contribution in [1.29, 1.82) is 0 Å². The van der Waals surface area contributed by atoms with Crippen molar-refractivity contribution in [1.82, 2.24) is 9.62 Å². The minimum Gasteiger partial charge on any atom is -0.468 e. The van der Waals surface area contributed by atoms with Crippen LogP contribution in [0, 0.1) is 6.92 Å². The number of nitrogens with zero attached hydrogens (tertiary/aromatic N) is 1. The number of hydrogen-bond acceptors (Lipinski definition) is 4. The van der Waals surface area contributed by atoms with Gasteiger partial charge in [-0.1, -0.05) is 17.7 Å². The predicted octanol–water partition coefficient (Wildman–Crippen LogP) is 2.06. The SMILES string of the molecule is Cc1ccc(S(=O)(=O)N(CC(=O)NC2CC2)Cc2ccco2)cc1. The lowest BCUT2D eigenvalue weighted by Gasteiger charge is -2.21. The van der Waals surface area contributed by atoms with Gasteiger partial charge in [0.1, 0.15) is 5.76 Å². The lowest BCUT2D eigenvalue weighted by Crippen LogP contribution is -2.40. The van der Waals surface area contributed by atoms with Crippen molar-refractivity contribution < 1.29 is 17.6 Å². The van der Waals surface area contributed by atoms with E-state index in [1.807, 2.05) is 6.92 Å². The summed E-state index contributed by atoms with van der Waals surface area (Å²) in [4.78, 5) is 12.3. The zero-order chi connectivity index (χ0) is 17.2. The van der Waals surface area contributed by atoms with Gasteiger partial charge in [0.2, 0.25) is 15.9 Å². The maximum atomic E-state index is 12.9. The van der Waals surface area contributed by atoms with Gasteiger partial charge in [-0.15, -0.1) is 0 Å². The highest BCUT2D eigenvalue weighted by Gasteiger charge is 2.30. The van der Waals surface area contributed by atoms with Gasteiger partial charge >= 0.3 is 0 Å². The Bertz CT molecular complexity index is 794. The second-order valence-corrected chi connectivity index (χ2v) is 7.95. The molecule has 3 rings (SSSR count). The fourth-order valence-corrected chi connectivity index (χ4v) is 3.69. The third-order valence-electron chi connectivity index (χ3n) is 3.83. The lowest BCUT2D eigenvalue weighted by atomic mass is 10.2. The molecular weight excluding hydrogens is 328 g/mol. The molecule has 1 amide bonds. The van der Waals surface area contributed by atoms with Crippen molar-refractivity contribution in [2.75, 3.05) is 6.54 Å². The van der Waals surface area contributed by atoms with E-state index in [2.05, 4.69) is 5.32 Å². The molecule has 0 bridgehead atoms. The van der Waals surface area contributed by atoms with E-state index in [9.17, 15) is 13.2 Å². The van der Waals surface area contributed by atoms with Crippen LogP contribution in [-0.2, 0) is 21.4 Å². The molecule has 2 aromatic rings. The first kappa shape index (κ1) is 16.7. The number of amides is 1. The smallest absolute Gasteiger partial charge is 0.243 e. The zero-order valence-electron chi connectivity index (χ0n) is 13.4. The van der Waals surface area contributed by atoms with E-state index in [4.69, 9.17) is 4.42 Å². The van der Waals surface area contributed by atoms with Crippen LogP contribution in [0.2, 0.25) is 0 Å². The maximum absolute atomic E-state index is 12.9. The van der Waals surface area contributed by atoms with Gasteiger partial charge in [-0.3, -0.25) is 4.79 Å². The third-order valence-corrected chi connectivity index (χ3v) is 5.64. The summed E-state index contributed by atoms with van der Waals surface area (Å²) < 4.78 is 32.2. The fraction of sp³-hybridized carbons (Fsp3) is 0.353. The van der Waals surface area contributed by atoms with Crippen LogP contribution in [0.3, 0.4) is 0 Å². The Labute approximate surface area is 141 Å². The summed E-state index contributed by atoms with van der Waals surface area (Å²) in [6, 6.07) is 10.2. The second-order valence-electron chi connectivity index (χ2n) is 6.01. The molecule has 1 heterocycles. The average molecular weight is 348 g/mol. The van der Waals surface area contributed by atoms with Crippen molar-refractivity contribution in [2.24, 2.45) is 0 Å². The fourth-order valence-electron chi connectivity index (χ4n) is 2.32. The topological polar surface area (TPSA) is 79.6 Å². The minimum absolute atomic E-state index is 0.0152. The summed E-state index contributed by atoms with van der Waals surface area (Å²) in [7, 11) is -3.79. The quantitative estimate of drug-likeness (QED) is 0.830. The molecular formula is C17H20N2O4S. The van der Waals surface area contributed by atoms with Gasteiger partial charge in [-0.2, -0.15) is 4.31 Å². The van der Waals surface area contributed by atoms with Crippen LogP contribution >= 0.6 is 0 Å². The van der Waals surface area contributed by atoms with Crippen molar-refractivity contribution >= 4 is 15.9 Å².